The van der Waals surface area contributed by atoms with Gasteiger partial charge in [0.05, 0.1) is 6.54 Å². The molecule has 0 unspecified atom stereocenters. The van der Waals surface area contributed by atoms with Gasteiger partial charge in [0.2, 0.25) is 6.10 Å². The van der Waals surface area contributed by atoms with Crippen LogP contribution < -0.4 is 15.2 Å². The number of benzene rings is 1. The summed E-state index contributed by atoms with van der Waals surface area (Å²) in [6.45, 7) is 2.18. The Morgan fingerprint density at radius 2 is 2.15 bits per heavy atom. The molecule has 1 amide bonds. The Labute approximate surface area is 157 Å². The highest BCUT2D eigenvalue weighted by Crippen LogP contribution is 2.31. The standard InChI is InChI=1S/C19H23N5O3/c1-23(11-18-21-8-6-17(20)22-18)13-7-9-24(10-13)19(25)16-12-26-14-4-2-3-5-15(14)27-16/h2-6,8,13,16H,7,9-12H2,1H3,(H2,20,21,22)/t13-,16+/m0/s1. The van der Waals surface area contributed by atoms with Gasteiger partial charge >= 0.3 is 0 Å². The van der Waals surface area contributed by atoms with Crippen molar-refractivity contribution in [1.29, 1.82) is 0 Å². The Bertz CT molecular complexity index is 830. The summed E-state index contributed by atoms with van der Waals surface area (Å²) >= 11 is 0. The molecule has 142 valence electrons. The average molecular weight is 369 g/mol. The van der Waals surface area contributed by atoms with E-state index in [1.54, 1.807) is 12.3 Å². The van der Waals surface area contributed by atoms with Crippen LogP contribution in [-0.4, -0.2) is 64.6 Å². The van der Waals surface area contributed by atoms with Crippen LogP contribution in [0.25, 0.3) is 0 Å². The first-order valence-corrected chi connectivity index (χ1v) is 9.05. The fourth-order valence-electron chi connectivity index (χ4n) is 3.49. The molecule has 2 atom stereocenters. The second kappa shape index (κ2) is 7.40. The summed E-state index contributed by atoms with van der Waals surface area (Å²) in [5.74, 6) is 2.42. The number of aromatic nitrogens is 2. The van der Waals surface area contributed by atoms with Gasteiger partial charge in [0, 0.05) is 25.3 Å². The molecule has 0 saturated carbocycles. The van der Waals surface area contributed by atoms with Crippen molar-refractivity contribution in [3.63, 3.8) is 0 Å². The SMILES string of the molecule is CN(Cc1nccc(N)n1)[C@H]1CCN(C(=O)[C@H]2COc3ccccc3O2)C1. The summed E-state index contributed by atoms with van der Waals surface area (Å²) in [6, 6.07) is 9.33. The molecule has 2 N–H and O–H groups in total. The molecule has 2 aromatic rings. The number of nitrogen functional groups attached to an aromatic ring is 1. The molecule has 27 heavy (non-hydrogen) atoms. The van der Waals surface area contributed by atoms with Gasteiger partial charge in [0.15, 0.2) is 11.5 Å². The molecule has 0 radical (unpaired) electrons. The van der Waals surface area contributed by atoms with Crippen molar-refractivity contribution in [2.45, 2.75) is 25.1 Å². The van der Waals surface area contributed by atoms with Gasteiger partial charge in [-0.3, -0.25) is 9.69 Å². The number of anilines is 1. The smallest absolute Gasteiger partial charge is 0.267 e. The third-order valence-electron chi connectivity index (χ3n) is 5.00. The molecular formula is C19H23N5O3. The van der Waals surface area contributed by atoms with Gasteiger partial charge in [-0.05, 0) is 31.7 Å². The van der Waals surface area contributed by atoms with Crippen molar-refractivity contribution >= 4 is 11.7 Å². The number of carbonyl (C=O) groups is 1. The van der Waals surface area contributed by atoms with Crippen molar-refractivity contribution in [2.24, 2.45) is 0 Å². The molecule has 8 heteroatoms. The second-order valence-electron chi connectivity index (χ2n) is 6.90. The third-order valence-corrected chi connectivity index (χ3v) is 5.00. The van der Waals surface area contributed by atoms with E-state index >= 15 is 0 Å². The monoisotopic (exact) mass is 369 g/mol. The molecule has 1 aromatic heterocycles. The number of hydrogen-bond acceptors (Lipinski definition) is 7. The summed E-state index contributed by atoms with van der Waals surface area (Å²) < 4.78 is 11.5. The van der Waals surface area contributed by atoms with Crippen molar-refractivity contribution < 1.29 is 14.3 Å². The van der Waals surface area contributed by atoms with Gasteiger partial charge in [0.1, 0.15) is 18.2 Å². The van der Waals surface area contributed by atoms with Gasteiger partial charge in [-0.25, -0.2) is 9.97 Å². The lowest BCUT2D eigenvalue weighted by molar-refractivity contribution is -0.140. The van der Waals surface area contributed by atoms with E-state index in [2.05, 4.69) is 14.9 Å². The number of hydrogen-bond donors (Lipinski definition) is 1. The van der Waals surface area contributed by atoms with Crippen LogP contribution >= 0.6 is 0 Å². The lowest BCUT2D eigenvalue weighted by Crippen LogP contribution is -2.46. The number of rotatable bonds is 4. The minimum Gasteiger partial charge on any atom is -0.485 e. The minimum atomic E-state index is -0.596. The van der Waals surface area contributed by atoms with Crippen LogP contribution in [0.3, 0.4) is 0 Å². The lowest BCUT2D eigenvalue weighted by Gasteiger charge is -2.29. The first-order chi connectivity index (χ1) is 13.1. The number of nitrogens with two attached hydrogens (primary N) is 1. The Morgan fingerprint density at radius 1 is 1.33 bits per heavy atom. The summed E-state index contributed by atoms with van der Waals surface area (Å²) in [6.07, 6.45) is 1.96. The summed E-state index contributed by atoms with van der Waals surface area (Å²) in [7, 11) is 2.02. The van der Waals surface area contributed by atoms with Gasteiger partial charge in [-0.1, -0.05) is 12.1 Å². The number of amides is 1. The van der Waals surface area contributed by atoms with Crippen LogP contribution in [-0.2, 0) is 11.3 Å². The second-order valence-corrected chi connectivity index (χ2v) is 6.90. The number of carbonyl (C=O) groups excluding carboxylic acids is 1. The molecule has 0 aliphatic carbocycles. The highest BCUT2D eigenvalue weighted by Gasteiger charge is 2.36. The summed E-state index contributed by atoms with van der Waals surface area (Å²) in [4.78, 5) is 25.3. The van der Waals surface area contributed by atoms with E-state index < -0.39 is 6.10 Å². The van der Waals surface area contributed by atoms with E-state index in [4.69, 9.17) is 15.2 Å². The Balaban J connectivity index is 1.34. The maximum absolute atomic E-state index is 12.8. The first kappa shape index (κ1) is 17.5. The normalized spacial score (nSPS) is 21.5. The number of likely N-dealkylation sites (N-methyl/N-ethyl adjacent to an activating group) is 1. The van der Waals surface area contributed by atoms with Crippen LogP contribution in [0.15, 0.2) is 36.5 Å². The Hall–Kier alpha value is -2.87. The maximum Gasteiger partial charge on any atom is 0.267 e. The van der Waals surface area contributed by atoms with Crippen LogP contribution in [0.2, 0.25) is 0 Å². The minimum absolute atomic E-state index is 0.0272. The highest BCUT2D eigenvalue weighted by molar-refractivity contribution is 5.82. The van der Waals surface area contributed by atoms with Gasteiger partial charge in [-0.15, -0.1) is 0 Å². The Morgan fingerprint density at radius 3 is 2.96 bits per heavy atom. The maximum atomic E-state index is 12.8. The predicted octanol–water partition coefficient (Wildman–Crippen LogP) is 0.931. The van der Waals surface area contributed by atoms with Gasteiger partial charge in [0.25, 0.3) is 5.91 Å². The zero-order chi connectivity index (χ0) is 18.8. The van der Waals surface area contributed by atoms with Crippen LogP contribution in [0.4, 0.5) is 5.82 Å². The summed E-state index contributed by atoms with van der Waals surface area (Å²) in [5, 5.41) is 0. The fourth-order valence-corrected chi connectivity index (χ4v) is 3.49. The van der Waals surface area contributed by atoms with Crippen molar-refractivity contribution in [1.82, 2.24) is 19.8 Å². The predicted molar refractivity (Wildman–Crippen MR) is 99.2 cm³/mol. The Kier molecular flexibility index (Phi) is 4.81. The largest absolute Gasteiger partial charge is 0.485 e. The number of para-hydroxylation sites is 2. The quantitative estimate of drug-likeness (QED) is 0.857. The van der Waals surface area contributed by atoms with Crippen molar-refractivity contribution in [3.05, 3.63) is 42.4 Å². The molecule has 8 nitrogen and oxygen atoms in total. The molecule has 0 spiro atoms. The zero-order valence-electron chi connectivity index (χ0n) is 15.2. The number of fused-ring (bicyclic) bond motifs is 1. The molecule has 1 fully saturated rings. The number of nitrogens with zero attached hydrogens (tertiary/aromatic N) is 4. The van der Waals surface area contributed by atoms with E-state index in [-0.39, 0.29) is 18.6 Å². The van der Waals surface area contributed by atoms with Gasteiger partial charge in [-0.2, -0.15) is 0 Å². The van der Waals surface area contributed by atoms with Crippen LogP contribution in [0, 0.1) is 0 Å². The molecule has 1 aromatic carbocycles. The lowest BCUT2D eigenvalue weighted by atomic mass is 10.2. The van der Waals surface area contributed by atoms with Crippen molar-refractivity contribution in [2.75, 3.05) is 32.5 Å². The molecule has 2 aliphatic heterocycles. The van der Waals surface area contributed by atoms with Crippen LogP contribution in [0.5, 0.6) is 11.5 Å². The number of ether oxygens (including phenoxy) is 2. The van der Waals surface area contributed by atoms with E-state index in [1.807, 2.05) is 36.2 Å². The molecule has 2 aliphatic rings. The molecule has 0 bridgehead atoms. The zero-order valence-corrected chi connectivity index (χ0v) is 15.2. The fraction of sp³-hybridized carbons (Fsp3) is 0.421. The van der Waals surface area contributed by atoms with Crippen molar-refractivity contribution in [3.8, 4) is 11.5 Å². The molecule has 3 heterocycles. The van der Waals surface area contributed by atoms with Crippen LogP contribution in [0.1, 0.15) is 12.2 Å². The molecule has 1 saturated heterocycles. The molecular weight excluding hydrogens is 346 g/mol. The van der Waals surface area contributed by atoms with Gasteiger partial charge < -0.3 is 20.1 Å². The van der Waals surface area contributed by atoms with E-state index in [0.29, 0.717) is 42.8 Å². The third kappa shape index (κ3) is 3.80. The summed E-state index contributed by atoms with van der Waals surface area (Å²) in [5.41, 5.74) is 5.72. The van der Waals surface area contributed by atoms with E-state index in [9.17, 15) is 4.79 Å². The average Bonchev–Trinajstić information content (AvgIpc) is 3.17. The van der Waals surface area contributed by atoms with E-state index in [0.717, 1.165) is 6.42 Å². The first-order valence-electron chi connectivity index (χ1n) is 9.05. The van der Waals surface area contributed by atoms with E-state index in [1.165, 1.54) is 0 Å². The molecule has 4 rings (SSSR count). The topological polar surface area (TPSA) is 93.8 Å². The highest BCUT2D eigenvalue weighted by atomic mass is 16.6. The number of likely N-dealkylation sites (tertiary alicyclic amines) is 1.